The summed E-state index contributed by atoms with van der Waals surface area (Å²) in [5, 5.41) is 2.93. The Kier molecular flexibility index (Phi) is 9.36. The van der Waals surface area contributed by atoms with Gasteiger partial charge in [-0.15, -0.1) is 0 Å². The van der Waals surface area contributed by atoms with Gasteiger partial charge in [0.15, 0.2) is 0 Å². The highest BCUT2D eigenvalue weighted by Gasteiger charge is 2.23. The van der Waals surface area contributed by atoms with Gasteiger partial charge in [0.25, 0.3) is 11.8 Å². The van der Waals surface area contributed by atoms with Crippen molar-refractivity contribution < 1.29 is 19.1 Å². The maximum Gasteiger partial charge on any atom is 0.254 e. The second-order valence-corrected chi connectivity index (χ2v) is 10.6. The van der Waals surface area contributed by atoms with Crippen molar-refractivity contribution >= 4 is 29.1 Å². The molecule has 1 fully saturated rings. The largest absolute Gasteiger partial charge is 0.497 e. The van der Waals surface area contributed by atoms with E-state index in [0.717, 1.165) is 29.9 Å². The second kappa shape index (κ2) is 13.7. The number of nitrogens with one attached hydrogen (secondary N) is 1. The highest BCUT2D eigenvalue weighted by molar-refractivity contribution is 5.99. The van der Waals surface area contributed by atoms with Crippen LogP contribution in [0.25, 0.3) is 0 Å². The Bertz CT molecular complexity index is 1530. The molecule has 1 heterocycles. The number of rotatable bonds is 9. The molecule has 3 amide bonds. The van der Waals surface area contributed by atoms with Crippen LogP contribution in [0.1, 0.15) is 31.8 Å². The summed E-state index contributed by atoms with van der Waals surface area (Å²) in [5.41, 5.74) is 4.94. The fourth-order valence-electron chi connectivity index (χ4n) is 5.10. The zero-order chi connectivity index (χ0) is 30.2. The van der Waals surface area contributed by atoms with Gasteiger partial charge in [0.2, 0.25) is 5.91 Å². The van der Waals surface area contributed by atoms with E-state index < -0.39 is 0 Å². The van der Waals surface area contributed by atoms with E-state index in [-0.39, 0.29) is 24.3 Å². The predicted octanol–water partition coefficient (Wildman–Crippen LogP) is 5.25. The summed E-state index contributed by atoms with van der Waals surface area (Å²) in [4.78, 5) is 45.0. The molecule has 0 spiro atoms. The van der Waals surface area contributed by atoms with E-state index in [2.05, 4.69) is 10.2 Å². The van der Waals surface area contributed by atoms with Crippen LogP contribution in [0.3, 0.4) is 0 Å². The molecule has 1 aliphatic heterocycles. The summed E-state index contributed by atoms with van der Waals surface area (Å²) in [6.07, 6.45) is 0. The van der Waals surface area contributed by atoms with E-state index in [1.807, 2.05) is 90.7 Å². The number of anilines is 2. The standard InChI is InChI=1S/C35H36N4O4/c1-26-8-10-28(11-9-26)34(41)38-22-20-37(21-23-38)31-16-14-30(15-17-31)36-33(40)25-39(24-27-6-4-3-5-7-27)35(42)29-12-18-32(43-2)19-13-29/h3-19H,20-25H2,1-2H3,(H,36,40). The van der Waals surface area contributed by atoms with Crippen LogP contribution in [0.5, 0.6) is 5.75 Å². The molecule has 0 atom stereocenters. The van der Waals surface area contributed by atoms with E-state index in [4.69, 9.17) is 4.74 Å². The van der Waals surface area contributed by atoms with Crippen molar-refractivity contribution in [3.05, 3.63) is 125 Å². The molecule has 1 aliphatic rings. The van der Waals surface area contributed by atoms with Gasteiger partial charge in [0.1, 0.15) is 12.3 Å². The van der Waals surface area contributed by atoms with Crippen LogP contribution in [0, 0.1) is 6.92 Å². The lowest BCUT2D eigenvalue weighted by Crippen LogP contribution is -2.48. The Morgan fingerprint density at radius 2 is 1.40 bits per heavy atom. The van der Waals surface area contributed by atoms with Crippen molar-refractivity contribution in [2.45, 2.75) is 13.5 Å². The molecule has 1 saturated heterocycles. The number of hydrogen-bond acceptors (Lipinski definition) is 5. The van der Waals surface area contributed by atoms with Gasteiger partial charge in [-0.3, -0.25) is 14.4 Å². The second-order valence-electron chi connectivity index (χ2n) is 10.6. The van der Waals surface area contributed by atoms with Crippen molar-refractivity contribution in [2.24, 2.45) is 0 Å². The van der Waals surface area contributed by atoms with Crippen molar-refractivity contribution in [1.82, 2.24) is 9.80 Å². The summed E-state index contributed by atoms with van der Waals surface area (Å²) in [5.74, 6) is 0.195. The van der Waals surface area contributed by atoms with E-state index in [0.29, 0.717) is 42.2 Å². The van der Waals surface area contributed by atoms with Crippen LogP contribution in [-0.2, 0) is 11.3 Å². The number of carbonyl (C=O) groups is 3. The third-order valence-corrected chi connectivity index (χ3v) is 7.56. The van der Waals surface area contributed by atoms with Gasteiger partial charge in [0.05, 0.1) is 7.11 Å². The van der Waals surface area contributed by atoms with Crippen LogP contribution in [0.15, 0.2) is 103 Å². The third kappa shape index (κ3) is 7.60. The van der Waals surface area contributed by atoms with Gasteiger partial charge < -0.3 is 24.8 Å². The Morgan fingerprint density at radius 1 is 0.767 bits per heavy atom. The highest BCUT2D eigenvalue weighted by Crippen LogP contribution is 2.21. The maximum absolute atomic E-state index is 13.4. The number of benzene rings is 4. The van der Waals surface area contributed by atoms with E-state index in [9.17, 15) is 14.4 Å². The summed E-state index contributed by atoms with van der Waals surface area (Å²) >= 11 is 0. The van der Waals surface area contributed by atoms with Crippen LogP contribution >= 0.6 is 0 Å². The lowest BCUT2D eigenvalue weighted by atomic mass is 10.1. The monoisotopic (exact) mass is 576 g/mol. The van der Waals surface area contributed by atoms with Crippen molar-refractivity contribution in [3.63, 3.8) is 0 Å². The Hall–Kier alpha value is -5.11. The topological polar surface area (TPSA) is 82.2 Å². The average Bonchev–Trinajstić information content (AvgIpc) is 3.05. The third-order valence-electron chi connectivity index (χ3n) is 7.56. The fourth-order valence-corrected chi connectivity index (χ4v) is 5.10. The Morgan fingerprint density at radius 3 is 2.02 bits per heavy atom. The van der Waals surface area contributed by atoms with Gasteiger partial charge in [-0.05, 0) is 73.2 Å². The molecule has 43 heavy (non-hydrogen) atoms. The maximum atomic E-state index is 13.4. The smallest absolute Gasteiger partial charge is 0.254 e. The first-order valence-electron chi connectivity index (χ1n) is 14.4. The lowest BCUT2D eigenvalue weighted by Gasteiger charge is -2.36. The van der Waals surface area contributed by atoms with Crippen molar-refractivity contribution in [2.75, 3.05) is 50.1 Å². The number of methoxy groups -OCH3 is 1. The molecule has 4 aromatic carbocycles. The number of hydrogen-bond donors (Lipinski definition) is 1. The first-order chi connectivity index (χ1) is 20.9. The van der Waals surface area contributed by atoms with Gasteiger partial charge in [-0.25, -0.2) is 0 Å². The number of carbonyl (C=O) groups excluding carboxylic acids is 3. The van der Waals surface area contributed by atoms with Crippen LogP contribution in [0.2, 0.25) is 0 Å². The molecule has 0 unspecified atom stereocenters. The molecule has 1 N–H and O–H groups in total. The summed E-state index contributed by atoms with van der Waals surface area (Å²) in [6, 6.07) is 31.8. The molecule has 5 rings (SSSR count). The molecule has 220 valence electrons. The highest BCUT2D eigenvalue weighted by atomic mass is 16.5. The van der Waals surface area contributed by atoms with Gasteiger partial charge >= 0.3 is 0 Å². The van der Waals surface area contributed by atoms with Gasteiger partial charge in [0, 0.05) is 55.2 Å². The molecular weight excluding hydrogens is 540 g/mol. The van der Waals surface area contributed by atoms with E-state index in [1.165, 1.54) is 4.90 Å². The van der Waals surface area contributed by atoms with Crippen molar-refractivity contribution in [1.29, 1.82) is 0 Å². The van der Waals surface area contributed by atoms with E-state index >= 15 is 0 Å². The normalized spacial score (nSPS) is 12.9. The summed E-state index contributed by atoms with van der Waals surface area (Å²) in [6.45, 7) is 4.95. The van der Waals surface area contributed by atoms with Crippen LogP contribution < -0.4 is 15.0 Å². The van der Waals surface area contributed by atoms with Crippen molar-refractivity contribution in [3.8, 4) is 5.75 Å². The minimum Gasteiger partial charge on any atom is -0.497 e. The average molecular weight is 577 g/mol. The number of piperazine rings is 1. The molecule has 8 nitrogen and oxygen atoms in total. The fraction of sp³-hybridized carbons (Fsp3) is 0.229. The Labute approximate surface area is 252 Å². The molecule has 0 saturated carbocycles. The van der Waals surface area contributed by atoms with Crippen LogP contribution in [-0.4, -0.2) is 67.4 Å². The Balaban J connectivity index is 1.18. The quantitative estimate of drug-likeness (QED) is 0.295. The number of nitrogens with zero attached hydrogens (tertiary/aromatic N) is 3. The first kappa shape index (κ1) is 29.4. The predicted molar refractivity (Wildman–Crippen MR) is 169 cm³/mol. The number of aryl methyl sites for hydroxylation is 1. The molecular formula is C35H36N4O4. The minimum absolute atomic E-state index is 0.0597. The van der Waals surface area contributed by atoms with Gasteiger partial charge in [-0.2, -0.15) is 0 Å². The lowest BCUT2D eigenvalue weighted by molar-refractivity contribution is -0.117. The SMILES string of the molecule is COc1ccc(C(=O)N(CC(=O)Nc2ccc(N3CCN(C(=O)c4ccc(C)cc4)CC3)cc2)Cc2ccccc2)cc1. The van der Waals surface area contributed by atoms with E-state index in [1.54, 1.807) is 31.4 Å². The summed E-state index contributed by atoms with van der Waals surface area (Å²) in [7, 11) is 1.57. The molecule has 0 aromatic heterocycles. The first-order valence-corrected chi connectivity index (χ1v) is 14.4. The zero-order valence-electron chi connectivity index (χ0n) is 24.5. The molecule has 0 radical (unpaired) electrons. The molecule has 0 aliphatic carbocycles. The minimum atomic E-state index is -0.284. The summed E-state index contributed by atoms with van der Waals surface area (Å²) < 4.78 is 5.21. The number of ether oxygens (including phenoxy) is 1. The number of amides is 3. The van der Waals surface area contributed by atoms with Gasteiger partial charge in [-0.1, -0.05) is 48.0 Å². The zero-order valence-corrected chi connectivity index (χ0v) is 24.5. The molecule has 8 heteroatoms. The molecule has 0 bridgehead atoms. The van der Waals surface area contributed by atoms with Crippen LogP contribution in [0.4, 0.5) is 11.4 Å². The molecule has 4 aromatic rings.